The van der Waals surface area contributed by atoms with Gasteiger partial charge in [-0.3, -0.25) is 5.32 Å². The Balaban J connectivity index is 1.30. The summed E-state index contributed by atoms with van der Waals surface area (Å²) in [6.45, 7) is 6.84. The first-order valence-electron chi connectivity index (χ1n) is 12.7. The number of hydrogen-bond donors (Lipinski definition) is 3. The highest BCUT2D eigenvalue weighted by Gasteiger charge is 2.23. The number of pyridine rings is 1. The lowest BCUT2D eigenvalue weighted by molar-refractivity contribution is 0.262. The average Bonchev–Trinajstić information content (AvgIpc) is 3.62. The number of aromatic nitrogens is 3. The number of amides is 2. The number of nitrogens with zero attached hydrogens (tertiary/aromatic N) is 3. The summed E-state index contributed by atoms with van der Waals surface area (Å²) in [5, 5.41) is 10.1. The average molecular weight is 531 g/mol. The van der Waals surface area contributed by atoms with E-state index >= 15 is 0 Å². The van der Waals surface area contributed by atoms with E-state index in [1.807, 2.05) is 51.1 Å². The number of nitrogen functional groups attached to an aromatic ring is 1. The Morgan fingerprint density at radius 1 is 1.03 bits per heavy atom. The van der Waals surface area contributed by atoms with Gasteiger partial charge in [0.25, 0.3) is 0 Å². The molecule has 1 aliphatic carbocycles. The van der Waals surface area contributed by atoms with Crippen molar-refractivity contribution < 1.29 is 18.7 Å². The molecule has 4 aromatic rings. The number of nitrogens with one attached hydrogen (secondary N) is 2. The fourth-order valence-corrected chi connectivity index (χ4v) is 3.77. The van der Waals surface area contributed by atoms with Crippen molar-refractivity contribution in [2.24, 2.45) is 5.92 Å². The molecule has 0 radical (unpaired) electrons. The molecule has 0 atom stereocenters. The van der Waals surface area contributed by atoms with E-state index in [2.05, 4.69) is 15.6 Å². The molecular formula is C29H31FN6O3. The highest BCUT2D eigenvalue weighted by Crippen LogP contribution is 2.31. The molecular weight excluding hydrogens is 499 g/mol. The number of urea groups is 1. The molecule has 0 unspecified atom stereocenters. The van der Waals surface area contributed by atoms with Crippen LogP contribution in [0.2, 0.25) is 0 Å². The second kappa shape index (κ2) is 10.6. The van der Waals surface area contributed by atoms with Crippen LogP contribution in [0.25, 0.3) is 5.69 Å². The first-order valence-corrected chi connectivity index (χ1v) is 12.7. The summed E-state index contributed by atoms with van der Waals surface area (Å²) in [5.41, 5.74) is 6.94. The molecule has 10 heteroatoms. The van der Waals surface area contributed by atoms with Gasteiger partial charge in [0.05, 0.1) is 23.7 Å². The third-order valence-electron chi connectivity index (χ3n) is 6.16. The Labute approximate surface area is 226 Å². The van der Waals surface area contributed by atoms with Crippen molar-refractivity contribution in [3.63, 3.8) is 0 Å². The van der Waals surface area contributed by atoms with Crippen molar-refractivity contribution in [2.75, 3.05) is 23.0 Å². The van der Waals surface area contributed by atoms with Crippen LogP contribution < -0.4 is 25.8 Å². The molecule has 1 aliphatic rings. The first kappa shape index (κ1) is 26.0. The summed E-state index contributed by atoms with van der Waals surface area (Å²) in [6, 6.07) is 16.0. The smallest absolute Gasteiger partial charge is 0.324 e. The van der Waals surface area contributed by atoms with Crippen molar-refractivity contribution in [2.45, 2.75) is 39.0 Å². The van der Waals surface area contributed by atoms with Crippen LogP contribution in [0.5, 0.6) is 17.2 Å². The molecule has 202 valence electrons. The van der Waals surface area contributed by atoms with Crippen molar-refractivity contribution in [3.05, 3.63) is 78.4 Å². The molecule has 0 saturated heterocycles. The fourth-order valence-electron chi connectivity index (χ4n) is 3.77. The summed E-state index contributed by atoms with van der Waals surface area (Å²) < 4.78 is 27.9. The molecule has 2 aromatic carbocycles. The third kappa shape index (κ3) is 6.64. The second-order valence-electron chi connectivity index (χ2n) is 10.6. The van der Waals surface area contributed by atoms with E-state index in [1.54, 1.807) is 16.8 Å². The van der Waals surface area contributed by atoms with Gasteiger partial charge in [-0.25, -0.2) is 18.9 Å². The van der Waals surface area contributed by atoms with Crippen molar-refractivity contribution in [3.8, 4) is 22.9 Å². The molecule has 9 nitrogen and oxygen atoms in total. The van der Waals surface area contributed by atoms with Gasteiger partial charge in [-0.05, 0) is 61.2 Å². The molecule has 1 saturated carbocycles. The predicted octanol–water partition coefficient (Wildman–Crippen LogP) is 6.51. The van der Waals surface area contributed by atoms with Crippen LogP contribution in [-0.2, 0) is 5.41 Å². The SMILES string of the molecule is CC(C)(C)c1cc(NC(=O)Nc2ccc(Oc3ccnc(N)c3)cc2F)n(-c2ccc(OCC3CC3)cc2)n1. The monoisotopic (exact) mass is 530 g/mol. The van der Waals surface area contributed by atoms with E-state index in [0.717, 1.165) is 23.7 Å². The van der Waals surface area contributed by atoms with Crippen LogP contribution in [0.15, 0.2) is 66.9 Å². The zero-order chi connectivity index (χ0) is 27.6. The van der Waals surface area contributed by atoms with Crippen LogP contribution in [-0.4, -0.2) is 27.4 Å². The van der Waals surface area contributed by atoms with Crippen LogP contribution in [0.4, 0.5) is 26.5 Å². The van der Waals surface area contributed by atoms with Crippen molar-refractivity contribution >= 4 is 23.4 Å². The molecule has 39 heavy (non-hydrogen) atoms. The number of hydrogen-bond acceptors (Lipinski definition) is 6. The Bertz CT molecular complexity index is 1480. The standard InChI is InChI=1S/C29H31FN6O3/c1-29(2,3)25-16-27(36(35-25)19-6-8-20(9-7-19)38-17-18-4-5-18)34-28(37)33-24-11-10-21(14-23(24)30)39-22-12-13-32-26(31)15-22/h6-16,18H,4-5,17H2,1-3H3,(H2,31,32)(H2,33,34,37). The van der Waals surface area contributed by atoms with Gasteiger partial charge in [-0.15, -0.1) is 0 Å². The number of carbonyl (C=O) groups is 1. The van der Waals surface area contributed by atoms with E-state index in [0.29, 0.717) is 17.5 Å². The molecule has 0 spiro atoms. The summed E-state index contributed by atoms with van der Waals surface area (Å²) >= 11 is 0. The van der Waals surface area contributed by atoms with Gasteiger partial charge in [0.2, 0.25) is 0 Å². The summed E-state index contributed by atoms with van der Waals surface area (Å²) in [7, 11) is 0. The lowest BCUT2D eigenvalue weighted by Gasteiger charge is -2.14. The maximum Gasteiger partial charge on any atom is 0.324 e. The molecule has 2 heterocycles. The maximum atomic E-state index is 14.8. The van der Waals surface area contributed by atoms with Gasteiger partial charge in [0.1, 0.15) is 34.7 Å². The molecule has 1 fully saturated rings. The number of halogens is 1. The van der Waals surface area contributed by atoms with Crippen molar-refractivity contribution in [1.82, 2.24) is 14.8 Å². The topological polar surface area (TPSA) is 116 Å². The van der Waals surface area contributed by atoms with E-state index in [1.165, 1.54) is 37.2 Å². The maximum absolute atomic E-state index is 14.8. The third-order valence-corrected chi connectivity index (χ3v) is 6.16. The molecule has 2 aromatic heterocycles. The van der Waals surface area contributed by atoms with Crippen LogP contribution in [0.1, 0.15) is 39.3 Å². The first-order chi connectivity index (χ1) is 18.6. The van der Waals surface area contributed by atoms with Gasteiger partial charge in [0, 0.05) is 29.8 Å². The summed E-state index contributed by atoms with van der Waals surface area (Å²) in [5.74, 6) is 2.20. The minimum Gasteiger partial charge on any atom is -0.493 e. The van der Waals surface area contributed by atoms with E-state index in [4.69, 9.17) is 20.3 Å². The fraction of sp³-hybridized carbons (Fsp3) is 0.276. The van der Waals surface area contributed by atoms with Gasteiger partial charge < -0.3 is 20.5 Å². The zero-order valence-corrected chi connectivity index (χ0v) is 22.1. The Morgan fingerprint density at radius 2 is 1.74 bits per heavy atom. The largest absolute Gasteiger partial charge is 0.493 e. The lowest BCUT2D eigenvalue weighted by Crippen LogP contribution is -2.22. The quantitative estimate of drug-likeness (QED) is 0.239. The summed E-state index contributed by atoms with van der Waals surface area (Å²) in [4.78, 5) is 16.8. The van der Waals surface area contributed by atoms with Gasteiger partial charge >= 0.3 is 6.03 Å². The number of ether oxygens (including phenoxy) is 2. The number of anilines is 3. The minimum atomic E-state index is -0.657. The molecule has 2 amide bonds. The normalized spacial score (nSPS) is 13.1. The highest BCUT2D eigenvalue weighted by atomic mass is 19.1. The minimum absolute atomic E-state index is 0.00614. The number of benzene rings is 2. The predicted molar refractivity (Wildman–Crippen MR) is 148 cm³/mol. The van der Waals surface area contributed by atoms with E-state index in [9.17, 15) is 9.18 Å². The Kier molecular flexibility index (Phi) is 7.10. The van der Waals surface area contributed by atoms with E-state index in [-0.39, 0.29) is 22.7 Å². The van der Waals surface area contributed by atoms with Crippen molar-refractivity contribution in [1.29, 1.82) is 0 Å². The molecule has 4 N–H and O–H groups in total. The summed E-state index contributed by atoms with van der Waals surface area (Å²) in [6.07, 6.45) is 3.94. The van der Waals surface area contributed by atoms with Gasteiger partial charge in [-0.2, -0.15) is 5.10 Å². The van der Waals surface area contributed by atoms with Crippen LogP contribution in [0.3, 0.4) is 0 Å². The Morgan fingerprint density at radius 3 is 2.41 bits per heavy atom. The molecule has 5 rings (SSSR count). The van der Waals surface area contributed by atoms with Crippen LogP contribution >= 0.6 is 0 Å². The van der Waals surface area contributed by atoms with Crippen LogP contribution in [0, 0.1) is 11.7 Å². The number of rotatable bonds is 8. The molecule has 0 aliphatic heterocycles. The van der Waals surface area contributed by atoms with Gasteiger partial charge in [0.15, 0.2) is 0 Å². The number of nitrogens with two attached hydrogens (primary N) is 1. The second-order valence-corrected chi connectivity index (χ2v) is 10.6. The zero-order valence-electron chi connectivity index (χ0n) is 22.1. The number of carbonyl (C=O) groups excluding carboxylic acids is 1. The Hall–Kier alpha value is -4.60. The van der Waals surface area contributed by atoms with E-state index < -0.39 is 11.8 Å². The molecule has 0 bridgehead atoms. The lowest BCUT2D eigenvalue weighted by atomic mass is 9.92. The highest BCUT2D eigenvalue weighted by molar-refractivity contribution is 5.99. The van der Waals surface area contributed by atoms with Gasteiger partial charge in [-0.1, -0.05) is 20.8 Å².